The Morgan fingerprint density at radius 2 is 2.06 bits per heavy atom. The molecule has 1 rings (SSSR count). The largest absolute Gasteiger partial charge is 0.389 e. The molecule has 0 aromatic carbocycles. The Kier molecular flexibility index (Phi) is 4.85. The lowest BCUT2D eigenvalue weighted by molar-refractivity contribution is 0.249. The smallest absolute Gasteiger partial charge is 0.312 e. The molecule has 2 amide bonds. The summed E-state index contributed by atoms with van der Waals surface area (Å²) in [5, 5.41) is 5.56. The van der Waals surface area contributed by atoms with E-state index in [4.69, 9.17) is 23.7 Å². The summed E-state index contributed by atoms with van der Waals surface area (Å²) in [7, 11) is 0. The van der Waals surface area contributed by atoms with Gasteiger partial charge in [0.2, 0.25) is 0 Å². The fourth-order valence-electron chi connectivity index (χ4n) is 1.64. The highest BCUT2D eigenvalue weighted by atomic mass is 32.1. The number of carbonyl (C=O) groups excluding carboxylic acids is 1. The second-order valence-electron chi connectivity index (χ2n) is 3.89. The number of anilines is 1. The molecule has 0 saturated heterocycles. The molecule has 0 spiro atoms. The first-order chi connectivity index (χ1) is 8.41. The van der Waals surface area contributed by atoms with Crippen LogP contribution in [0.5, 0.6) is 0 Å². The molecule has 0 saturated carbocycles. The lowest BCUT2D eigenvalue weighted by Gasteiger charge is -2.13. The number of urea groups is 1. The number of hydrogen-bond donors (Lipinski definition) is 4. The standard InChI is InChI=1S/C11H17N5OS/c1-6-5-7(2)16-10(8(6)9(12)18)14-3-4-15-11(13)17/h5H,3-4H2,1-2H3,(H2,12,18)(H,14,16)(H3,13,15,17). The molecule has 0 unspecified atom stereocenters. The van der Waals surface area contributed by atoms with Gasteiger partial charge < -0.3 is 22.1 Å². The minimum absolute atomic E-state index is 0.297. The molecule has 0 aliphatic carbocycles. The van der Waals surface area contributed by atoms with Crippen molar-refractivity contribution in [3.63, 3.8) is 0 Å². The summed E-state index contributed by atoms with van der Waals surface area (Å²) in [6.45, 7) is 4.72. The van der Waals surface area contributed by atoms with Crippen molar-refractivity contribution in [2.24, 2.45) is 11.5 Å². The van der Waals surface area contributed by atoms with Crippen molar-refractivity contribution in [3.8, 4) is 0 Å². The number of amides is 2. The molecule has 1 heterocycles. The Morgan fingerprint density at radius 1 is 1.39 bits per heavy atom. The Bertz CT molecular complexity index is 475. The van der Waals surface area contributed by atoms with Gasteiger partial charge in [-0.2, -0.15) is 0 Å². The lowest BCUT2D eigenvalue weighted by Crippen LogP contribution is -2.33. The molecule has 98 valence electrons. The lowest BCUT2D eigenvalue weighted by atomic mass is 10.1. The summed E-state index contributed by atoms with van der Waals surface area (Å²) in [6, 6.07) is 1.36. The third-order valence-corrected chi connectivity index (χ3v) is 2.51. The number of aromatic nitrogens is 1. The number of nitrogens with two attached hydrogens (primary N) is 2. The third kappa shape index (κ3) is 3.85. The number of nitrogens with one attached hydrogen (secondary N) is 2. The quantitative estimate of drug-likeness (QED) is 0.457. The summed E-state index contributed by atoms with van der Waals surface area (Å²) >= 11 is 5.01. The van der Waals surface area contributed by atoms with E-state index in [9.17, 15) is 4.79 Å². The molecule has 0 aliphatic heterocycles. The van der Waals surface area contributed by atoms with Gasteiger partial charge in [0.25, 0.3) is 0 Å². The minimum Gasteiger partial charge on any atom is -0.389 e. The highest BCUT2D eigenvalue weighted by molar-refractivity contribution is 7.80. The van der Waals surface area contributed by atoms with Crippen LogP contribution >= 0.6 is 12.2 Å². The van der Waals surface area contributed by atoms with Crippen LogP contribution < -0.4 is 22.1 Å². The maximum atomic E-state index is 10.5. The maximum Gasteiger partial charge on any atom is 0.312 e. The summed E-state index contributed by atoms with van der Waals surface area (Å²) in [4.78, 5) is 15.2. The Hall–Kier alpha value is -1.89. The number of hydrogen-bond acceptors (Lipinski definition) is 4. The maximum absolute atomic E-state index is 10.5. The molecule has 7 heteroatoms. The molecule has 0 atom stereocenters. The van der Waals surface area contributed by atoms with Crippen LogP contribution in [0.2, 0.25) is 0 Å². The molecule has 6 nitrogen and oxygen atoms in total. The predicted molar refractivity (Wildman–Crippen MR) is 75.7 cm³/mol. The van der Waals surface area contributed by atoms with Gasteiger partial charge >= 0.3 is 6.03 Å². The number of nitrogens with zero attached hydrogens (tertiary/aromatic N) is 1. The molecule has 0 fully saturated rings. The van der Waals surface area contributed by atoms with Crippen LogP contribution in [0.15, 0.2) is 6.07 Å². The molecule has 0 radical (unpaired) electrons. The first-order valence-electron chi connectivity index (χ1n) is 5.47. The Balaban J connectivity index is 2.80. The SMILES string of the molecule is Cc1cc(C)c(C(N)=S)c(NCCNC(N)=O)n1. The van der Waals surface area contributed by atoms with Crippen molar-refractivity contribution in [1.82, 2.24) is 10.3 Å². The van der Waals surface area contributed by atoms with Crippen molar-refractivity contribution >= 4 is 29.1 Å². The number of thiocarbonyl (C=S) groups is 1. The van der Waals surface area contributed by atoms with Gasteiger partial charge in [0.1, 0.15) is 10.8 Å². The number of pyridine rings is 1. The van der Waals surface area contributed by atoms with Gasteiger partial charge in [-0.15, -0.1) is 0 Å². The van der Waals surface area contributed by atoms with Crippen LogP contribution in [0.4, 0.5) is 10.6 Å². The zero-order valence-corrected chi connectivity index (χ0v) is 11.2. The first-order valence-corrected chi connectivity index (χ1v) is 5.88. The van der Waals surface area contributed by atoms with Gasteiger partial charge in [0, 0.05) is 18.8 Å². The summed E-state index contributed by atoms with van der Waals surface area (Å²) in [5.41, 5.74) is 13.2. The van der Waals surface area contributed by atoms with Crippen LogP contribution in [-0.2, 0) is 0 Å². The zero-order chi connectivity index (χ0) is 13.7. The van der Waals surface area contributed by atoms with Gasteiger partial charge in [0.15, 0.2) is 0 Å². The summed E-state index contributed by atoms with van der Waals surface area (Å²) < 4.78 is 0. The Labute approximate surface area is 111 Å². The van der Waals surface area contributed by atoms with E-state index in [1.165, 1.54) is 0 Å². The zero-order valence-electron chi connectivity index (χ0n) is 10.4. The number of aryl methyl sites for hydroxylation is 2. The van der Waals surface area contributed by atoms with Crippen LogP contribution in [-0.4, -0.2) is 29.1 Å². The van der Waals surface area contributed by atoms with E-state index in [-0.39, 0.29) is 0 Å². The van der Waals surface area contributed by atoms with E-state index in [0.29, 0.717) is 23.9 Å². The van der Waals surface area contributed by atoms with Crippen LogP contribution in [0.1, 0.15) is 16.8 Å². The van der Waals surface area contributed by atoms with E-state index in [2.05, 4.69) is 15.6 Å². The monoisotopic (exact) mass is 267 g/mol. The molecular formula is C11H17N5OS. The second kappa shape index (κ2) is 6.15. The molecule has 18 heavy (non-hydrogen) atoms. The van der Waals surface area contributed by atoms with Gasteiger partial charge in [0.05, 0.1) is 5.56 Å². The number of carbonyl (C=O) groups is 1. The van der Waals surface area contributed by atoms with Crippen LogP contribution in [0.25, 0.3) is 0 Å². The number of primary amides is 1. The third-order valence-electron chi connectivity index (χ3n) is 2.31. The second-order valence-corrected chi connectivity index (χ2v) is 4.33. The molecule has 6 N–H and O–H groups in total. The van der Waals surface area contributed by atoms with E-state index in [1.54, 1.807) is 0 Å². The topological polar surface area (TPSA) is 106 Å². The molecule has 0 aliphatic rings. The van der Waals surface area contributed by atoms with Crippen molar-refractivity contribution in [2.45, 2.75) is 13.8 Å². The van der Waals surface area contributed by atoms with Gasteiger partial charge in [-0.25, -0.2) is 9.78 Å². The van der Waals surface area contributed by atoms with Crippen LogP contribution in [0.3, 0.4) is 0 Å². The van der Waals surface area contributed by atoms with E-state index >= 15 is 0 Å². The van der Waals surface area contributed by atoms with Crippen molar-refractivity contribution in [1.29, 1.82) is 0 Å². The van der Waals surface area contributed by atoms with Gasteiger partial charge in [-0.3, -0.25) is 0 Å². The average Bonchev–Trinajstić information content (AvgIpc) is 2.22. The molecular weight excluding hydrogens is 250 g/mol. The molecule has 1 aromatic rings. The van der Waals surface area contributed by atoms with E-state index in [1.807, 2.05) is 19.9 Å². The van der Waals surface area contributed by atoms with Crippen molar-refractivity contribution in [2.75, 3.05) is 18.4 Å². The van der Waals surface area contributed by atoms with Gasteiger partial charge in [-0.05, 0) is 25.5 Å². The Morgan fingerprint density at radius 3 is 2.61 bits per heavy atom. The fraction of sp³-hybridized carbons (Fsp3) is 0.364. The normalized spacial score (nSPS) is 9.89. The van der Waals surface area contributed by atoms with Gasteiger partial charge in [-0.1, -0.05) is 12.2 Å². The molecule has 1 aromatic heterocycles. The predicted octanol–water partition coefficient (Wildman–Crippen LogP) is 0.413. The van der Waals surface area contributed by atoms with Crippen molar-refractivity contribution < 1.29 is 4.79 Å². The first kappa shape index (κ1) is 14.2. The molecule has 0 bridgehead atoms. The average molecular weight is 267 g/mol. The van der Waals surface area contributed by atoms with E-state index in [0.717, 1.165) is 16.8 Å². The van der Waals surface area contributed by atoms with Crippen LogP contribution in [0, 0.1) is 13.8 Å². The fourth-order valence-corrected chi connectivity index (χ4v) is 1.90. The summed E-state index contributed by atoms with van der Waals surface area (Å²) in [6.07, 6.45) is 0. The highest BCUT2D eigenvalue weighted by Crippen LogP contribution is 2.18. The number of rotatable bonds is 5. The van der Waals surface area contributed by atoms with E-state index < -0.39 is 6.03 Å². The highest BCUT2D eigenvalue weighted by Gasteiger charge is 2.10. The minimum atomic E-state index is -0.556. The summed E-state index contributed by atoms with van der Waals surface area (Å²) in [5.74, 6) is 0.631. The van der Waals surface area contributed by atoms with Crippen molar-refractivity contribution in [3.05, 3.63) is 22.9 Å².